The standard InChI is InChI=1S/C16H23N5O4/c17-11(7-10-8-18-9-19-10)14(22)20-5-1-3-12(20)15(23)21-6-2-4-13(21)16(24)25/h8-9,11-13H,1-7,17H2,(H,18,19)(H,24,25). The van der Waals surface area contributed by atoms with Gasteiger partial charge < -0.3 is 25.6 Å². The second kappa shape index (κ2) is 7.22. The number of carbonyl (C=O) groups excluding carboxylic acids is 2. The molecule has 136 valence electrons. The minimum atomic E-state index is -0.988. The number of amides is 2. The van der Waals surface area contributed by atoms with Crippen molar-refractivity contribution in [1.82, 2.24) is 19.8 Å². The molecule has 0 bridgehead atoms. The Morgan fingerprint density at radius 2 is 1.92 bits per heavy atom. The van der Waals surface area contributed by atoms with Gasteiger partial charge in [-0.15, -0.1) is 0 Å². The summed E-state index contributed by atoms with van der Waals surface area (Å²) < 4.78 is 0. The van der Waals surface area contributed by atoms with Crippen LogP contribution in [0.2, 0.25) is 0 Å². The van der Waals surface area contributed by atoms with Gasteiger partial charge in [0.15, 0.2) is 0 Å². The third kappa shape index (κ3) is 3.51. The minimum absolute atomic E-state index is 0.274. The number of aliphatic carboxylic acids is 1. The Bertz CT molecular complexity index is 647. The number of aromatic nitrogens is 2. The van der Waals surface area contributed by atoms with Gasteiger partial charge >= 0.3 is 5.97 Å². The molecular weight excluding hydrogens is 326 g/mol. The monoisotopic (exact) mass is 349 g/mol. The molecular formula is C16H23N5O4. The average molecular weight is 349 g/mol. The molecule has 2 aliphatic heterocycles. The molecule has 0 spiro atoms. The van der Waals surface area contributed by atoms with Crippen LogP contribution in [0.5, 0.6) is 0 Å². The van der Waals surface area contributed by atoms with Crippen LogP contribution in [0.3, 0.4) is 0 Å². The fourth-order valence-corrected chi connectivity index (χ4v) is 3.70. The Morgan fingerprint density at radius 1 is 1.24 bits per heavy atom. The van der Waals surface area contributed by atoms with E-state index in [-0.39, 0.29) is 11.8 Å². The zero-order chi connectivity index (χ0) is 18.0. The van der Waals surface area contributed by atoms with Crippen molar-refractivity contribution in [2.75, 3.05) is 13.1 Å². The van der Waals surface area contributed by atoms with Gasteiger partial charge in [0.25, 0.3) is 0 Å². The molecule has 0 radical (unpaired) electrons. The molecule has 2 saturated heterocycles. The van der Waals surface area contributed by atoms with E-state index in [1.54, 1.807) is 6.20 Å². The predicted molar refractivity (Wildman–Crippen MR) is 87.4 cm³/mol. The quantitative estimate of drug-likeness (QED) is 0.647. The highest BCUT2D eigenvalue weighted by Gasteiger charge is 2.42. The van der Waals surface area contributed by atoms with Crippen molar-refractivity contribution in [2.24, 2.45) is 5.73 Å². The highest BCUT2D eigenvalue weighted by atomic mass is 16.4. The smallest absolute Gasteiger partial charge is 0.326 e. The largest absolute Gasteiger partial charge is 0.480 e. The molecule has 1 aromatic heterocycles. The minimum Gasteiger partial charge on any atom is -0.480 e. The number of carboxylic acids is 1. The molecule has 0 aliphatic carbocycles. The van der Waals surface area contributed by atoms with Crippen LogP contribution in [0, 0.1) is 0 Å². The van der Waals surface area contributed by atoms with E-state index in [1.807, 2.05) is 0 Å². The number of hydrogen-bond donors (Lipinski definition) is 3. The third-order valence-corrected chi connectivity index (χ3v) is 4.95. The maximum Gasteiger partial charge on any atom is 0.326 e. The number of carbonyl (C=O) groups is 3. The van der Waals surface area contributed by atoms with E-state index in [4.69, 9.17) is 5.73 Å². The number of H-pyrrole nitrogens is 1. The van der Waals surface area contributed by atoms with Gasteiger partial charge in [0.05, 0.1) is 12.4 Å². The Morgan fingerprint density at radius 3 is 2.56 bits per heavy atom. The SMILES string of the molecule is NC(Cc1cnc[nH]1)C(=O)N1CCCC1C(=O)N1CCCC1C(=O)O. The van der Waals surface area contributed by atoms with E-state index < -0.39 is 24.1 Å². The first-order valence-corrected chi connectivity index (χ1v) is 8.55. The van der Waals surface area contributed by atoms with Crippen molar-refractivity contribution < 1.29 is 19.5 Å². The first-order chi connectivity index (χ1) is 12.0. The molecule has 3 unspecified atom stereocenters. The molecule has 3 rings (SSSR count). The Balaban J connectivity index is 1.68. The van der Waals surface area contributed by atoms with Crippen LogP contribution in [0.4, 0.5) is 0 Å². The summed E-state index contributed by atoms with van der Waals surface area (Å²) in [5.41, 5.74) is 6.78. The van der Waals surface area contributed by atoms with E-state index in [0.717, 1.165) is 5.69 Å². The fraction of sp³-hybridized carbons (Fsp3) is 0.625. The van der Waals surface area contributed by atoms with Crippen LogP contribution < -0.4 is 5.73 Å². The van der Waals surface area contributed by atoms with Gasteiger partial charge in [-0.3, -0.25) is 9.59 Å². The summed E-state index contributed by atoms with van der Waals surface area (Å²) in [6.07, 6.45) is 5.84. The van der Waals surface area contributed by atoms with Crippen LogP contribution in [0.1, 0.15) is 31.4 Å². The second-order valence-corrected chi connectivity index (χ2v) is 6.61. The van der Waals surface area contributed by atoms with E-state index in [1.165, 1.54) is 16.1 Å². The molecule has 9 nitrogen and oxygen atoms in total. The fourth-order valence-electron chi connectivity index (χ4n) is 3.70. The van der Waals surface area contributed by atoms with Crippen molar-refractivity contribution in [3.05, 3.63) is 18.2 Å². The van der Waals surface area contributed by atoms with Gasteiger partial charge in [-0.2, -0.15) is 0 Å². The van der Waals surface area contributed by atoms with E-state index in [2.05, 4.69) is 9.97 Å². The lowest BCUT2D eigenvalue weighted by atomic mass is 10.1. The number of likely N-dealkylation sites (tertiary alicyclic amines) is 2. The number of nitrogens with two attached hydrogens (primary N) is 1. The molecule has 0 saturated carbocycles. The van der Waals surface area contributed by atoms with Crippen molar-refractivity contribution in [3.63, 3.8) is 0 Å². The number of nitrogens with zero attached hydrogens (tertiary/aromatic N) is 3. The zero-order valence-electron chi connectivity index (χ0n) is 13.9. The summed E-state index contributed by atoms with van der Waals surface area (Å²) in [5, 5.41) is 9.28. The summed E-state index contributed by atoms with van der Waals surface area (Å²) in [4.78, 5) is 46.6. The number of rotatable bonds is 5. The molecule has 0 aromatic carbocycles. The van der Waals surface area contributed by atoms with Crippen molar-refractivity contribution >= 4 is 17.8 Å². The van der Waals surface area contributed by atoms with E-state index in [0.29, 0.717) is 45.2 Å². The number of carboxylic acid groups (broad SMARTS) is 1. The Kier molecular flexibility index (Phi) is 5.03. The highest BCUT2D eigenvalue weighted by molar-refractivity contribution is 5.92. The lowest BCUT2D eigenvalue weighted by Crippen LogP contribution is -2.54. The summed E-state index contributed by atoms with van der Waals surface area (Å²) in [6, 6.07) is -2.16. The molecule has 3 heterocycles. The Hall–Kier alpha value is -2.42. The third-order valence-electron chi connectivity index (χ3n) is 4.95. The lowest BCUT2D eigenvalue weighted by molar-refractivity contribution is -0.152. The molecule has 4 N–H and O–H groups in total. The van der Waals surface area contributed by atoms with Crippen molar-refractivity contribution in [2.45, 2.75) is 50.2 Å². The van der Waals surface area contributed by atoms with Gasteiger partial charge in [0.2, 0.25) is 11.8 Å². The Labute approximate surface area is 145 Å². The maximum atomic E-state index is 12.8. The van der Waals surface area contributed by atoms with Gasteiger partial charge in [-0.25, -0.2) is 9.78 Å². The van der Waals surface area contributed by atoms with Gasteiger partial charge in [0.1, 0.15) is 12.1 Å². The first kappa shape index (κ1) is 17.4. The van der Waals surface area contributed by atoms with Crippen LogP contribution in [-0.2, 0) is 20.8 Å². The number of nitrogens with one attached hydrogen (secondary N) is 1. The number of hydrogen-bond acceptors (Lipinski definition) is 5. The van der Waals surface area contributed by atoms with Crippen LogP contribution >= 0.6 is 0 Å². The summed E-state index contributed by atoms with van der Waals surface area (Å²) in [5.74, 6) is -1.54. The maximum absolute atomic E-state index is 12.8. The second-order valence-electron chi connectivity index (χ2n) is 6.61. The van der Waals surface area contributed by atoms with Gasteiger partial charge in [0, 0.05) is 31.4 Å². The summed E-state index contributed by atoms with van der Waals surface area (Å²) >= 11 is 0. The molecule has 9 heteroatoms. The molecule has 2 aliphatic rings. The lowest BCUT2D eigenvalue weighted by Gasteiger charge is -2.31. The average Bonchev–Trinajstić information content (AvgIpc) is 3.32. The van der Waals surface area contributed by atoms with Crippen LogP contribution in [0.15, 0.2) is 12.5 Å². The number of aromatic amines is 1. The van der Waals surface area contributed by atoms with E-state index in [9.17, 15) is 19.5 Å². The van der Waals surface area contributed by atoms with E-state index >= 15 is 0 Å². The first-order valence-electron chi connectivity index (χ1n) is 8.55. The van der Waals surface area contributed by atoms with Gasteiger partial charge in [-0.1, -0.05) is 0 Å². The molecule has 3 atom stereocenters. The molecule has 25 heavy (non-hydrogen) atoms. The summed E-state index contributed by atoms with van der Waals surface area (Å²) in [7, 11) is 0. The van der Waals surface area contributed by atoms with Crippen molar-refractivity contribution in [3.8, 4) is 0 Å². The topological polar surface area (TPSA) is 133 Å². The normalized spacial score (nSPS) is 24.5. The van der Waals surface area contributed by atoms with Crippen molar-refractivity contribution in [1.29, 1.82) is 0 Å². The van der Waals surface area contributed by atoms with Gasteiger partial charge in [-0.05, 0) is 25.7 Å². The molecule has 2 fully saturated rings. The zero-order valence-corrected chi connectivity index (χ0v) is 13.9. The molecule has 1 aromatic rings. The predicted octanol–water partition coefficient (Wildman–Crippen LogP) is -0.654. The number of imidazole rings is 1. The highest BCUT2D eigenvalue weighted by Crippen LogP contribution is 2.25. The molecule has 2 amide bonds. The van der Waals surface area contributed by atoms with Crippen LogP contribution in [0.25, 0.3) is 0 Å². The summed E-state index contributed by atoms with van der Waals surface area (Å²) in [6.45, 7) is 0.895. The van der Waals surface area contributed by atoms with Crippen LogP contribution in [-0.4, -0.2) is 73.9 Å².